The number of ether oxygens (including phenoxy) is 1. The summed E-state index contributed by atoms with van der Waals surface area (Å²) in [5, 5.41) is 0. The fourth-order valence-corrected chi connectivity index (χ4v) is 3.14. The highest BCUT2D eigenvalue weighted by Gasteiger charge is 2.15. The second-order valence-corrected chi connectivity index (χ2v) is 6.63. The maximum atomic E-state index is 12.2. The summed E-state index contributed by atoms with van der Waals surface area (Å²) >= 11 is 0. The number of hydrogen-bond acceptors (Lipinski definition) is 4. The Bertz CT molecular complexity index is 530. The Labute approximate surface area is 127 Å². The first-order valence-electron chi connectivity index (χ1n) is 7.50. The van der Waals surface area contributed by atoms with E-state index in [0.29, 0.717) is 24.5 Å². The van der Waals surface area contributed by atoms with E-state index < -0.39 is 10.0 Å². The zero-order chi connectivity index (χ0) is 15.7. The summed E-state index contributed by atoms with van der Waals surface area (Å²) in [6, 6.07) is 4.80. The van der Waals surface area contributed by atoms with Gasteiger partial charge < -0.3 is 10.5 Å². The van der Waals surface area contributed by atoms with E-state index in [4.69, 9.17) is 10.5 Å². The molecule has 1 aromatic rings. The number of benzene rings is 1. The van der Waals surface area contributed by atoms with Crippen LogP contribution in [0.2, 0.25) is 0 Å². The van der Waals surface area contributed by atoms with E-state index in [9.17, 15) is 8.42 Å². The Kier molecular flexibility index (Phi) is 7.71. The van der Waals surface area contributed by atoms with E-state index in [2.05, 4.69) is 11.6 Å². The van der Waals surface area contributed by atoms with Crippen LogP contribution < -0.4 is 15.2 Å². The molecule has 0 unspecified atom stereocenters. The highest BCUT2D eigenvalue weighted by molar-refractivity contribution is 7.89. The van der Waals surface area contributed by atoms with Crippen molar-refractivity contribution in [3.8, 4) is 5.75 Å². The molecule has 0 aliphatic rings. The molecule has 6 heteroatoms. The molecule has 0 aliphatic carbocycles. The minimum atomic E-state index is -3.47. The number of hydrogen-bond donors (Lipinski definition) is 2. The SMILES string of the molecule is CCCCCCNS(=O)(=O)c1ccc(OCC)c(CN)c1. The quantitative estimate of drug-likeness (QED) is 0.650. The third kappa shape index (κ3) is 5.65. The molecule has 120 valence electrons. The van der Waals surface area contributed by atoms with Crippen LogP contribution in [0.3, 0.4) is 0 Å². The molecular weight excluding hydrogens is 288 g/mol. The third-order valence-corrected chi connectivity index (χ3v) is 4.64. The highest BCUT2D eigenvalue weighted by Crippen LogP contribution is 2.22. The molecule has 0 atom stereocenters. The number of nitrogens with two attached hydrogens (primary N) is 1. The van der Waals surface area contributed by atoms with E-state index >= 15 is 0 Å². The number of rotatable bonds is 10. The maximum Gasteiger partial charge on any atom is 0.240 e. The van der Waals surface area contributed by atoms with Crippen molar-refractivity contribution in [1.29, 1.82) is 0 Å². The average molecular weight is 314 g/mol. The topological polar surface area (TPSA) is 81.4 Å². The lowest BCUT2D eigenvalue weighted by Crippen LogP contribution is -2.25. The summed E-state index contributed by atoms with van der Waals surface area (Å²) in [7, 11) is -3.47. The minimum absolute atomic E-state index is 0.238. The van der Waals surface area contributed by atoms with Gasteiger partial charge in [0.05, 0.1) is 11.5 Å². The molecule has 1 aromatic carbocycles. The molecule has 0 spiro atoms. The van der Waals surface area contributed by atoms with Crippen molar-refractivity contribution in [2.75, 3.05) is 13.2 Å². The summed E-state index contributed by atoms with van der Waals surface area (Å²) < 4.78 is 32.5. The molecule has 3 N–H and O–H groups in total. The molecule has 0 bridgehead atoms. The Balaban J connectivity index is 2.74. The van der Waals surface area contributed by atoms with Crippen molar-refractivity contribution in [2.45, 2.75) is 51.0 Å². The van der Waals surface area contributed by atoms with Crippen LogP contribution in [0.5, 0.6) is 5.75 Å². The smallest absolute Gasteiger partial charge is 0.240 e. The van der Waals surface area contributed by atoms with Crippen molar-refractivity contribution < 1.29 is 13.2 Å². The first-order chi connectivity index (χ1) is 10.0. The van der Waals surface area contributed by atoms with Crippen molar-refractivity contribution in [3.63, 3.8) is 0 Å². The van der Waals surface area contributed by atoms with Gasteiger partial charge in [-0.25, -0.2) is 13.1 Å². The maximum absolute atomic E-state index is 12.2. The summed E-state index contributed by atoms with van der Waals surface area (Å²) in [5.41, 5.74) is 6.35. The molecule has 0 saturated heterocycles. The van der Waals surface area contributed by atoms with Gasteiger partial charge in [0.1, 0.15) is 5.75 Å². The molecule has 0 radical (unpaired) electrons. The van der Waals surface area contributed by atoms with Gasteiger partial charge in [0.15, 0.2) is 0 Å². The molecule has 0 heterocycles. The van der Waals surface area contributed by atoms with Crippen molar-refractivity contribution >= 4 is 10.0 Å². The Morgan fingerprint density at radius 2 is 1.95 bits per heavy atom. The van der Waals surface area contributed by atoms with Gasteiger partial charge in [-0.3, -0.25) is 0 Å². The fourth-order valence-electron chi connectivity index (χ4n) is 2.02. The van der Waals surface area contributed by atoms with Gasteiger partial charge in [0.2, 0.25) is 10.0 Å². The van der Waals surface area contributed by atoms with Crippen LogP contribution in [0.4, 0.5) is 0 Å². The molecule has 1 rings (SSSR count). The predicted octanol–water partition coefficient (Wildman–Crippen LogP) is 2.40. The lowest BCUT2D eigenvalue weighted by atomic mass is 10.2. The van der Waals surface area contributed by atoms with E-state index in [1.54, 1.807) is 18.2 Å². The van der Waals surface area contributed by atoms with Crippen molar-refractivity contribution in [3.05, 3.63) is 23.8 Å². The zero-order valence-corrected chi connectivity index (χ0v) is 13.7. The van der Waals surface area contributed by atoms with Crippen LogP contribution in [0, 0.1) is 0 Å². The predicted molar refractivity (Wildman–Crippen MR) is 84.8 cm³/mol. The van der Waals surface area contributed by atoms with Gasteiger partial charge in [-0.15, -0.1) is 0 Å². The Morgan fingerprint density at radius 3 is 2.57 bits per heavy atom. The summed E-state index contributed by atoms with van der Waals surface area (Å²) in [4.78, 5) is 0.238. The number of sulfonamides is 1. The largest absolute Gasteiger partial charge is 0.494 e. The zero-order valence-electron chi connectivity index (χ0n) is 12.9. The van der Waals surface area contributed by atoms with Crippen molar-refractivity contribution in [1.82, 2.24) is 4.72 Å². The number of nitrogens with one attached hydrogen (secondary N) is 1. The second kappa shape index (κ2) is 9.02. The van der Waals surface area contributed by atoms with Gasteiger partial charge in [0, 0.05) is 18.7 Å². The lowest BCUT2D eigenvalue weighted by Gasteiger charge is -2.12. The van der Waals surface area contributed by atoms with Crippen LogP contribution in [0.1, 0.15) is 45.1 Å². The summed E-state index contributed by atoms with van der Waals surface area (Å²) in [5.74, 6) is 0.641. The summed E-state index contributed by atoms with van der Waals surface area (Å²) in [6.07, 6.45) is 4.15. The first-order valence-corrected chi connectivity index (χ1v) is 8.99. The first kappa shape index (κ1) is 17.9. The normalized spacial score (nSPS) is 11.6. The van der Waals surface area contributed by atoms with Crippen LogP contribution in [0.25, 0.3) is 0 Å². The molecule has 0 aliphatic heterocycles. The highest BCUT2D eigenvalue weighted by atomic mass is 32.2. The van der Waals surface area contributed by atoms with Crippen LogP contribution in [0.15, 0.2) is 23.1 Å². The second-order valence-electron chi connectivity index (χ2n) is 4.87. The monoisotopic (exact) mass is 314 g/mol. The van der Waals surface area contributed by atoms with E-state index in [0.717, 1.165) is 25.7 Å². The van der Waals surface area contributed by atoms with E-state index in [1.807, 2.05) is 6.92 Å². The summed E-state index contributed by atoms with van der Waals surface area (Å²) in [6.45, 7) is 5.23. The van der Waals surface area contributed by atoms with Crippen LogP contribution >= 0.6 is 0 Å². The van der Waals surface area contributed by atoms with Gasteiger partial charge in [-0.05, 0) is 31.5 Å². The van der Waals surface area contributed by atoms with Gasteiger partial charge in [-0.1, -0.05) is 26.2 Å². The molecule has 5 nitrogen and oxygen atoms in total. The molecule has 0 amide bonds. The minimum Gasteiger partial charge on any atom is -0.494 e. The average Bonchev–Trinajstić information content (AvgIpc) is 2.47. The lowest BCUT2D eigenvalue weighted by molar-refractivity contribution is 0.336. The molecular formula is C15H26N2O3S. The molecule has 0 saturated carbocycles. The molecule has 21 heavy (non-hydrogen) atoms. The Morgan fingerprint density at radius 1 is 1.19 bits per heavy atom. The third-order valence-electron chi connectivity index (χ3n) is 3.18. The van der Waals surface area contributed by atoms with Crippen molar-refractivity contribution in [2.24, 2.45) is 5.73 Å². The van der Waals surface area contributed by atoms with Crippen LogP contribution in [-0.4, -0.2) is 21.6 Å². The van der Waals surface area contributed by atoms with Gasteiger partial charge in [0.25, 0.3) is 0 Å². The standard InChI is InChI=1S/C15H26N2O3S/c1-3-5-6-7-10-17-21(18,19)14-8-9-15(20-4-2)13(11-14)12-16/h8-9,11,17H,3-7,10,12,16H2,1-2H3. The van der Waals surface area contributed by atoms with Gasteiger partial charge >= 0.3 is 0 Å². The van der Waals surface area contributed by atoms with Gasteiger partial charge in [-0.2, -0.15) is 0 Å². The molecule has 0 aromatic heterocycles. The van der Waals surface area contributed by atoms with E-state index in [1.165, 1.54) is 0 Å². The Hall–Kier alpha value is -1.11. The molecule has 0 fully saturated rings. The number of unbranched alkanes of at least 4 members (excludes halogenated alkanes) is 3. The fraction of sp³-hybridized carbons (Fsp3) is 0.600. The van der Waals surface area contributed by atoms with Crippen LogP contribution in [-0.2, 0) is 16.6 Å². The van der Waals surface area contributed by atoms with E-state index in [-0.39, 0.29) is 11.4 Å².